The smallest absolute Gasteiger partial charge is 0.287 e. The molecule has 0 bridgehead atoms. The van der Waals surface area contributed by atoms with Crippen LogP contribution in [0, 0.1) is 34.5 Å². The van der Waals surface area contributed by atoms with Gasteiger partial charge < -0.3 is 26.6 Å². The molecule has 252 valence electrons. The minimum absolute atomic E-state index is 0.0467. The molecule has 5 N–H and O–H groups in total. The Labute approximate surface area is 274 Å². The molecule has 13 nitrogen and oxygen atoms in total. The van der Waals surface area contributed by atoms with Crippen LogP contribution in [0.2, 0.25) is 0 Å². The molecule has 0 aromatic carbocycles. The lowest BCUT2D eigenvalue weighted by Crippen LogP contribution is -2.62. The zero-order valence-electron chi connectivity index (χ0n) is 27.6. The summed E-state index contributed by atoms with van der Waals surface area (Å²) in [5.41, 5.74) is 4.36. The zero-order chi connectivity index (χ0) is 34.3. The minimum atomic E-state index is -1.11. The van der Waals surface area contributed by atoms with Gasteiger partial charge in [-0.1, -0.05) is 71.8 Å². The number of hydrogen-bond acceptors (Lipinski definition) is 8. The number of allylic oxidation sites excluding steroid dienone is 3. The number of nitrogens with zero attached hydrogens (tertiary/aromatic N) is 3. The van der Waals surface area contributed by atoms with Crippen molar-refractivity contribution >= 4 is 35.3 Å². The summed E-state index contributed by atoms with van der Waals surface area (Å²) in [5, 5.41) is 8.47. The van der Waals surface area contributed by atoms with Crippen molar-refractivity contribution in [3.05, 3.63) is 48.6 Å². The van der Waals surface area contributed by atoms with Gasteiger partial charge >= 0.3 is 0 Å². The van der Waals surface area contributed by atoms with Crippen molar-refractivity contribution in [3.8, 4) is 0 Å². The highest BCUT2D eigenvalue weighted by atomic mass is 16.2. The lowest BCUT2D eigenvalue weighted by molar-refractivity contribution is -0.146. The minimum Gasteiger partial charge on any atom is -0.363 e. The van der Waals surface area contributed by atoms with E-state index in [1.165, 1.54) is 23.5 Å². The second-order valence-corrected chi connectivity index (χ2v) is 14.9. The standard InChI is InChI=1S/C34H45N7O6/c1-33(2,3)27(40-30(45)24(19-9-7-6-8-10-19)39-29(44)22-16-36-13-14-37-22)32(47)41-17-20-23(34(20,4)5)25(41)31(46)38-21(15-18-11-12-18)26(42)28(35)43/h6-9,13-14,16,18-21,23-25,27H,10-12,15,17H2,1-5H3,(H2,35,43)(H,38,46)(H,39,44)(H,40,45)/t19?,20-,21?,23-,24-,25-,27+/m0/s1. The number of likely N-dealkylation sites (tertiary alicyclic amines) is 1. The molecule has 1 aromatic rings. The van der Waals surface area contributed by atoms with Crippen LogP contribution in [0.4, 0.5) is 0 Å². The third kappa shape index (κ3) is 7.28. The molecule has 2 saturated carbocycles. The Morgan fingerprint density at radius 2 is 1.77 bits per heavy atom. The first kappa shape index (κ1) is 33.9. The van der Waals surface area contributed by atoms with Gasteiger partial charge in [0.2, 0.25) is 23.5 Å². The number of carbonyl (C=O) groups is 6. The quantitative estimate of drug-likeness (QED) is 0.242. The van der Waals surface area contributed by atoms with Crippen LogP contribution < -0.4 is 21.7 Å². The maximum Gasteiger partial charge on any atom is 0.287 e. The Kier molecular flexibility index (Phi) is 9.38. The molecule has 1 aromatic heterocycles. The third-order valence-electron chi connectivity index (χ3n) is 10.1. The summed E-state index contributed by atoms with van der Waals surface area (Å²) in [5.74, 6) is -4.32. The number of rotatable bonds is 12. The molecule has 2 unspecified atom stereocenters. The predicted octanol–water partition coefficient (Wildman–Crippen LogP) is 1.06. The van der Waals surface area contributed by atoms with Crippen molar-refractivity contribution < 1.29 is 28.8 Å². The lowest BCUT2D eigenvalue weighted by atomic mass is 9.84. The molecule has 2 heterocycles. The number of Topliss-reactive ketones (excluding diaryl/α,β-unsaturated/α-hetero) is 1. The van der Waals surface area contributed by atoms with E-state index in [0.717, 1.165) is 12.8 Å². The Bertz CT molecular complexity index is 1500. The zero-order valence-corrected chi connectivity index (χ0v) is 27.6. The molecule has 7 atom stereocenters. The number of carbonyl (C=O) groups excluding carboxylic acids is 6. The second kappa shape index (κ2) is 13.0. The summed E-state index contributed by atoms with van der Waals surface area (Å²) in [4.78, 5) is 89.4. The summed E-state index contributed by atoms with van der Waals surface area (Å²) in [6.45, 7) is 9.84. The number of fused-ring (bicyclic) bond motifs is 1. The fraction of sp³-hybridized carbons (Fsp3) is 0.588. The predicted molar refractivity (Wildman–Crippen MR) is 171 cm³/mol. The van der Waals surface area contributed by atoms with Crippen molar-refractivity contribution in [3.63, 3.8) is 0 Å². The van der Waals surface area contributed by atoms with E-state index in [1.807, 2.05) is 52.8 Å². The van der Waals surface area contributed by atoms with Crippen molar-refractivity contribution in [2.45, 2.75) is 84.5 Å². The van der Waals surface area contributed by atoms with Crippen LogP contribution in [0.3, 0.4) is 0 Å². The molecule has 3 aliphatic carbocycles. The van der Waals surface area contributed by atoms with Crippen LogP contribution >= 0.6 is 0 Å². The number of aromatic nitrogens is 2. The molecule has 0 spiro atoms. The van der Waals surface area contributed by atoms with E-state index in [2.05, 4.69) is 25.9 Å². The van der Waals surface area contributed by atoms with Gasteiger partial charge in [0.1, 0.15) is 23.8 Å². The highest BCUT2D eigenvalue weighted by Crippen LogP contribution is 2.65. The van der Waals surface area contributed by atoms with Gasteiger partial charge in [0.05, 0.1) is 12.2 Å². The molecule has 13 heteroatoms. The molecule has 1 saturated heterocycles. The highest BCUT2D eigenvalue weighted by molar-refractivity contribution is 6.37. The Balaban J connectivity index is 1.38. The fourth-order valence-electron chi connectivity index (χ4n) is 7.05. The first-order chi connectivity index (χ1) is 22.1. The maximum absolute atomic E-state index is 14.4. The van der Waals surface area contributed by atoms with Crippen LogP contribution in [0.25, 0.3) is 0 Å². The Morgan fingerprint density at radius 3 is 2.34 bits per heavy atom. The highest BCUT2D eigenvalue weighted by Gasteiger charge is 2.70. The van der Waals surface area contributed by atoms with E-state index in [0.29, 0.717) is 19.4 Å². The van der Waals surface area contributed by atoms with Gasteiger partial charge in [0, 0.05) is 24.9 Å². The number of primary amides is 1. The van der Waals surface area contributed by atoms with E-state index in [1.54, 1.807) is 6.08 Å². The second-order valence-electron chi connectivity index (χ2n) is 14.9. The Morgan fingerprint density at radius 1 is 1.04 bits per heavy atom. The van der Waals surface area contributed by atoms with Gasteiger partial charge in [-0.25, -0.2) is 4.98 Å². The number of ketones is 1. The summed E-state index contributed by atoms with van der Waals surface area (Å²) in [7, 11) is 0. The number of nitrogens with one attached hydrogen (secondary N) is 3. The van der Waals surface area contributed by atoms with Crippen LogP contribution in [0.1, 0.15) is 70.8 Å². The molecular formula is C34H45N7O6. The number of nitrogens with two attached hydrogens (primary N) is 1. The molecule has 0 radical (unpaired) electrons. The summed E-state index contributed by atoms with van der Waals surface area (Å²) in [6.07, 6.45) is 14.1. The molecule has 4 aliphatic rings. The molecule has 1 aliphatic heterocycles. The number of amides is 5. The molecule has 5 amide bonds. The van der Waals surface area contributed by atoms with Gasteiger partial charge in [-0.05, 0) is 41.4 Å². The van der Waals surface area contributed by atoms with Crippen LogP contribution in [-0.2, 0) is 24.0 Å². The monoisotopic (exact) mass is 647 g/mol. The average Bonchev–Trinajstić information content (AvgIpc) is 3.89. The maximum atomic E-state index is 14.4. The first-order valence-corrected chi connectivity index (χ1v) is 16.3. The van der Waals surface area contributed by atoms with E-state index in [-0.39, 0.29) is 34.8 Å². The number of piperidine rings is 1. The molecule has 5 rings (SSSR count). The van der Waals surface area contributed by atoms with Crippen LogP contribution in [0.5, 0.6) is 0 Å². The summed E-state index contributed by atoms with van der Waals surface area (Å²) in [6, 6.07) is -4.04. The van der Waals surface area contributed by atoms with Gasteiger partial charge in [0.25, 0.3) is 11.8 Å². The average molecular weight is 648 g/mol. The van der Waals surface area contributed by atoms with Gasteiger partial charge in [-0.3, -0.25) is 33.8 Å². The topological polar surface area (TPSA) is 194 Å². The summed E-state index contributed by atoms with van der Waals surface area (Å²) < 4.78 is 0. The van der Waals surface area contributed by atoms with E-state index in [4.69, 9.17) is 5.73 Å². The van der Waals surface area contributed by atoms with Crippen molar-refractivity contribution in [2.75, 3.05) is 6.54 Å². The third-order valence-corrected chi connectivity index (χ3v) is 10.1. The fourth-order valence-corrected chi connectivity index (χ4v) is 7.05. The van der Waals surface area contributed by atoms with Crippen molar-refractivity contribution in [1.29, 1.82) is 0 Å². The van der Waals surface area contributed by atoms with E-state index < -0.39 is 64.9 Å². The first-order valence-electron chi connectivity index (χ1n) is 16.3. The van der Waals surface area contributed by atoms with Crippen LogP contribution in [0.15, 0.2) is 42.9 Å². The number of hydrogen-bond donors (Lipinski definition) is 4. The SMILES string of the molecule is CC(C)(C)[C@H](NC(=O)[C@@H](NC(=O)c1cnccn1)C1C=CC=CC1)C(=O)N1C[C@H]2[C@@H]([C@H]1C(=O)NC(CC1CC1)C(=O)C(N)=O)C2(C)C. The lowest BCUT2D eigenvalue weighted by Gasteiger charge is -2.38. The van der Waals surface area contributed by atoms with Gasteiger partial charge in [-0.15, -0.1) is 0 Å². The van der Waals surface area contributed by atoms with Crippen molar-refractivity contribution in [2.24, 2.45) is 40.2 Å². The van der Waals surface area contributed by atoms with Crippen LogP contribution in [-0.4, -0.2) is 80.9 Å². The largest absolute Gasteiger partial charge is 0.363 e. The van der Waals surface area contributed by atoms with E-state index in [9.17, 15) is 28.8 Å². The van der Waals surface area contributed by atoms with Gasteiger partial charge in [0.15, 0.2) is 0 Å². The molecular weight excluding hydrogens is 602 g/mol. The molecule has 3 fully saturated rings. The Hall–Kier alpha value is -4.42. The molecule has 47 heavy (non-hydrogen) atoms. The van der Waals surface area contributed by atoms with Gasteiger partial charge in [-0.2, -0.15) is 0 Å². The van der Waals surface area contributed by atoms with Crippen molar-refractivity contribution in [1.82, 2.24) is 30.8 Å². The summed E-state index contributed by atoms with van der Waals surface area (Å²) >= 11 is 0. The normalized spacial score (nSPS) is 25.9. The van der Waals surface area contributed by atoms with E-state index >= 15 is 0 Å².